The van der Waals surface area contributed by atoms with Crippen molar-refractivity contribution < 1.29 is 27.8 Å². The summed E-state index contributed by atoms with van der Waals surface area (Å²) in [5.41, 5.74) is 1.45. The molecule has 3 atom stereocenters. The molecule has 3 saturated heterocycles. The Morgan fingerprint density at radius 3 is 2.98 bits per heavy atom. The molecule has 8 heterocycles. The number of carbonyl (C=O) groups excluding carboxylic acids is 1. The summed E-state index contributed by atoms with van der Waals surface area (Å²) in [6.45, 7) is 2.44. The number of H-pyrrole nitrogens is 1. The first-order valence-corrected chi connectivity index (χ1v) is 15.9. The number of anilines is 1. The summed E-state index contributed by atoms with van der Waals surface area (Å²) in [5, 5.41) is 8.53. The maximum Gasteiger partial charge on any atom is 0.508 e. The summed E-state index contributed by atoms with van der Waals surface area (Å²) >= 11 is 6.75. The van der Waals surface area contributed by atoms with Gasteiger partial charge in [0.15, 0.2) is 5.82 Å². The van der Waals surface area contributed by atoms with Gasteiger partial charge < -0.3 is 19.1 Å². The molecule has 9 rings (SSSR count). The molecule has 236 valence electrons. The van der Waals surface area contributed by atoms with Crippen LogP contribution in [0, 0.1) is 5.82 Å². The molecule has 0 radical (unpaired) electrons. The van der Waals surface area contributed by atoms with E-state index in [1.807, 2.05) is 4.90 Å². The van der Waals surface area contributed by atoms with Gasteiger partial charge in [-0.1, -0.05) is 11.6 Å². The highest BCUT2D eigenvalue weighted by Crippen LogP contribution is 2.42. The minimum atomic E-state index is -0.913. The van der Waals surface area contributed by atoms with E-state index in [2.05, 4.69) is 25.1 Å². The predicted octanol–water partition coefficient (Wildman–Crippen LogP) is 5.38. The largest absolute Gasteiger partial charge is 0.508 e. The summed E-state index contributed by atoms with van der Waals surface area (Å²) < 4.78 is 48.7. The number of aromatic nitrogens is 5. The third kappa shape index (κ3) is 5.00. The summed E-state index contributed by atoms with van der Waals surface area (Å²) in [4.78, 5) is 30.7. The number of nitrogens with one attached hydrogen (secondary N) is 1. The standard InChI is InChI=1S/C31H32ClF2N7O4/c32-22-10-23-20(13-36-39-23)24-19(22)5-2-9-43-30(42)45-18-4-1-7-40(15-18)28-21-12-35-27(24)25(34)26(21)37-29(38-28)44-16-31-6-3-8-41(31)14-17(33)11-31/h10,12-13,17-18H,1-9,11,14-16H2,(H,36,39)/t17-,18-,31+/m1/s1. The van der Waals surface area contributed by atoms with Gasteiger partial charge in [0.05, 0.1) is 35.8 Å². The SMILES string of the molecule is O=C1OCCCc2c(Cl)cc3[nH]ncc3c2-c2ncc3c(nc(OC[C@@]45CCCN4C[C@H](F)C5)nc3c2F)N2CCC[C@H](C2)O1. The van der Waals surface area contributed by atoms with E-state index < -0.39 is 29.8 Å². The lowest BCUT2D eigenvalue weighted by molar-refractivity contribution is 0.0186. The Morgan fingerprint density at radius 1 is 1.16 bits per heavy atom. The van der Waals surface area contributed by atoms with Crippen molar-refractivity contribution in [1.29, 1.82) is 0 Å². The maximum absolute atomic E-state index is 16.9. The zero-order valence-electron chi connectivity index (χ0n) is 24.5. The van der Waals surface area contributed by atoms with Crippen LogP contribution < -0.4 is 9.64 Å². The van der Waals surface area contributed by atoms with Crippen molar-refractivity contribution in [1.82, 2.24) is 30.0 Å². The number of hydrogen-bond donors (Lipinski definition) is 1. The first-order chi connectivity index (χ1) is 21.9. The van der Waals surface area contributed by atoms with Gasteiger partial charge in [-0.3, -0.25) is 15.0 Å². The number of nitrogens with zero attached hydrogens (tertiary/aromatic N) is 6. The number of benzene rings is 1. The molecule has 5 aliphatic rings. The fourth-order valence-corrected chi connectivity index (χ4v) is 7.86. The molecule has 0 aliphatic carbocycles. The van der Waals surface area contributed by atoms with Crippen LogP contribution in [0.2, 0.25) is 5.02 Å². The van der Waals surface area contributed by atoms with Gasteiger partial charge in [-0.15, -0.1) is 0 Å². The number of hydrogen-bond acceptors (Lipinski definition) is 10. The maximum atomic E-state index is 16.9. The lowest BCUT2D eigenvalue weighted by Gasteiger charge is -2.34. The minimum Gasteiger partial charge on any atom is -0.461 e. The number of rotatable bonds is 3. The van der Waals surface area contributed by atoms with E-state index in [1.54, 1.807) is 18.5 Å². The van der Waals surface area contributed by atoms with Crippen molar-refractivity contribution >= 4 is 45.4 Å². The normalized spacial score (nSPS) is 25.5. The quantitative estimate of drug-likeness (QED) is 0.293. The van der Waals surface area contributed by atoms with Gasteiger partial charge in [0.25, 0.3) is 0 Å². The Morgan fingerprint density at radius 2 is 2.07 bits per heavy atom. The van der Waals surface area contributed by atoms with Crippen LogP contribution in [0.15, 0.2) is 18.5 Å². The zero-order valence-corrected chi connectivity index (χ0v) is 25.3. The summed E-state index contributed by atoms with van der Waals surface area (Å²) in [5.74, 6) is -0.210. The molecule has 3 fully saturated rings. The Labute approximate surface area is 262 Å². The molecule has 4 aromatic rings. The average molecular weight is 640 g/mol. The lowest BCUT2D eigenvalue weighted by Crippen LogP contribution is -2.43. The Kier molecular flexibility index (Phi) is 7.12. The molecule has 0 saturated carbocycles. The van der Waals surface area contributed by atoms with E-state index in [4.69, 9.17) is 30.8 Å². The average Bonchev–Trinajstić information content (AvgIpc) is 3.72. The molecule has 45 heavy (non-hydrogen) atoms. The fourth-order valence-electron chi connectivity index (χ4n) is 7.57. The van der Waals surface area contributed by atoms with E-state index in [9.17, 15) is 9.18 Å². The predicted molar refractivity (Wildman–Crippen MR) is 162 cm³/mol. The monoisotopic (exact) mass is 639 g/mol. The van der Waals surface area contributed by atoms with Gasteiger partial charge in [-0.2, -0.15) is 15.1 Å². The molecule has 14 heteroatoms. The van der Waals surface area contributed by atoms with Gasteiger partial charge in [0, 0.05) is 41.7 Å². The van der Waals surface area contributed by atoms with E-state index >= 15 is 4.39 Å². The second kappa shape index (κ2) is 11.2. The van der Waals surface area contributed by atoms with E-state index in [0.717, 1.165) is 19.4 Å². The minimum absolute atomic E-state index is 0.000395. The van der Waals surface area contributed by atoms with E-state index in [-0.39, 0.29) is 30.4 Å². The van der Waals surface area contributed by atoms with Gasteiger partial charge in [0.1, 0.15) is 35.9 Å². The molecule has 0 amide bonds. The smallest absolute Gasteiger partial charge is 0.461 e. The Hall–Kier alpha value is -3.84. The van der Waals surface area contributed by atoms with Crippen molar-refractivity contribution in [3.8, 4) is 17.3 Å². The number of fused-ring (bicyclic) bond motifs is 8. The summed E-state index contributed by atoms with van der Waals surface area (Å²) in [6, 6.07) is 1.74. The van der Waals surface area contributed by atoms with Crippen molar-refractivity contribution in [3.05, 3.63) is 34.9 Å². The van der Waals surface area contributed by atoms with Crippen LogP contribution in [-0.4, -0.2) is 93.4 Å². The first kappa shape index (κ1) is 28.6. The third-order valence-corrected chi connectivity index (χ3v) is 9.98. The van der Waals surface area contributed by atoms with Crippen molar-refractivity contribution in [2.45, 2.75) is 62.8 Å². The summed E-state index contributed by atoms with van der Waals surface area (Å²) in [7, 11) is 0. The molecular weight excluding hydrogens is 608 g/mol. The van der Waals surface area contributed by atoms with Crippen LogP contribution in [0.5, 0.6) is 6.01 Å². The Bertz CT molecular complexity index is 1810. The van der Waals surface area contributed by atoms with E-state index in [0.29, 0.717) is 90.0 Å². The highest BCUT2D eigenvalue weighted by Gasteiger charge is 2.49. The number of aromatic amines is 1. The summed E-state index contributed by atoms with van der Waals surface area (Å²) in [6.07, 6.45) is 5.45. The highest BCUT2D eigenvalue weighted by atomic mass is 35.5. The first-order valence-electron chi connectivity index (χ1n) is 15.5. The number of carbonyl (C=O) groups is 1. The van der Waals surface area contributed by atoms with Gasteiger partial charge in [-0.05, 0) is 56.7 Å². The second-order valence-electron chi connectivity index (χ2n) is 12.5. The van der Waals surface area contributed by atoms with Crippen molar-refractivity contribution in [2.24, 2.45) is 0 Å². The molecular formula is C31H32ClF2N7O4. The highest BCUT2D eigenvalue weighted by molar-refractivity contribution is 6.33. The van der Waals surface area contributed by atoms with E-state index in [1.165, 1.54) is 0 Å². The van der Waals surface area contributed by atoms with Crippen LogP contribution >= 0.6 is 11.6 Å². The van der Waals surface area contributed by atoms with Gasteiger partial charge in [0.2, 0.25) is 0 Å². The molecule has 6 bridgehead atoms. The fraction of sp³-hybridized carbons (Fsp3) is 0.516. The molecule has 1 N–H and O–H groups in total. The van der Waals surface area contributed by atoms with Crippen molar-refractivity contribution in [3.63, 3.8) is 0 Å². The van der Waals surface area contributed by atoms with Crippen LogP contribution in [0.4, 0.5) is 19.4 Å². The van der Waals surface area contributed by atoms with Gasteiger partial charge >= 0.3 is 12.2 Å². The molecule has 5 aliphatic heterocycles. The van der Waals surface area contributed by atoms with Crippen LogP contribution in [0.3, 0.4) is 0 Å². The lowest BCUT2D eigenvalue weighted by atomic mass is 9.95. The molecule has 3 aromatic heterocycles. The molecule has 1 aromatic carbocycles. The van der Waals surface area contributed by atoms with Gasteiger partial charge in [-0.25, -0.2) is 13.6 Å². The van der Waals surface area contributed by atoms with Crippen LogP contribution in [-0.2, 0) is 15.9 Å². The van der Waals surface area contributed by atoms with Crippen LogP contribution in [0.25, 0.3) is 33.1 Å². The zero-order chi connectivity index (χ0) is 30.7. The topological polar surface area (TPSA) is 119 Å². The number of ether oxygens (including phenoxy) is 3. The number of alkyl halides is 1. The van der Waals surface area contributed by atoms with Crippen LogP contribution in [0.1, 0.15) is 44.1 Å². The molecule has 11 nitrogen and oxygen atoms in total. The molecule has 0 spiro atoms. The Balaban J connectivity index is 1.29. The molecule has 0 unspecified atom stereocenters. The van der Waals surface area contributed by atoms with Crippen molar-refractivity contribution in [2.75, 3.05) is 44.3 Å². The number of piperidine rings is 1. The third-order valence-electron chi connectivity index (χ3n) is 9.64. The number of halogens is 3. The number of pyridine rings is 1. The second-order valence-corrected chi connectivity index (χ2v) is 12.9.